The van der Waals surface area contributed by atoms with Crippen molar-refractivity contribution in [2.45, 2.75) is 24.5 Å². The van der Waals surface area contributed by atoms with Crippen LogP contribution in [0.1, 0.15) is 22.3 Å². The standard InChI is InChI=1S/C23H27N3O8/c1-26(2)12-3-4-13(28)15-10(12)7-9-8-11-17(25-5-6-27)19(30)16(22(24)33)21(32)23(11,34)20(31)14(9)18(15)29/h3-4,9,11,17,25,27-28,30-31,34H,5-8H2,1-2H3,(H2,24,33)/t9?,11-,17-,23-/m0/s1. The molecule has 0 radical (unpaired) electrons. The fourth-order valence-corrected chi connectivity index (χ4v) is 5.54. The number of ketones is 2. The highest BCUT2D eigenvalue weighted by Gasteiger charge is 2.62. The van der Waals surface area contributed by atoms with Crippen LogP contribution < -0.4 is 16.0 Å². The number of rotatable bonds is 5. The van der Waals surface area contributed by atoms with E-state index >= 15 is 0 Å². The molecule has 0 fully saturated rings. The number of allylic oxidation sites excluding steroid dienone is 1. The lowest BCUT2D eigenvalue weighted by Crippen LogP contribution is -2.64. The Bertz CT molecular complexity index is 1170. The van der Waals surface area contributed by atoms with Crippen molar-refractivity contribution in [3.8, 4) is 5.75 Å². The van der Waals surface area contributed by atoms with E-state index in [1.54, 1.807) is 25.1 Å². The lowest BCUT2D eigenvalue weighted by atomic mass is 9.58. The number of nitrogens with zero attached hydrogens (tertiary/aromatic N) is 1. The summed E-state index contributed by atoms with van der Waals surface area (Å²) >= 11 is 0. The summed E-state index contributed by atoms with van der Waals surface area (Å²) < 4.78 is 0. The summed E-state index contributed by atoms with van der Waals surface area (Å²) in [6, 6.07) is 1.82. The van der Waals surface area contributed by atoms with Gasteiger partial charge in [-0.05, 0) is 36.5 Å². The second-order valence-corrected chi connectivity index (χ2v) is 9.06. The van der Waals surface area contributed by atoms with Crippen molar-refractivity contribution in [2.24, 2.45) is 17.6 Å². The number of hydrogen-bond acceptors (Lipinski definition) is 10. The fourth-order valence-electron chi connectivity index (χ4n) is 5.54. The summed E-state index contributed by atoms with van der Waals surface area (Å²) in [4.78, 5) is 40.4. The minimum absolute atomic E-state index is 0.0193. The third-order valence-corrected chi connectivity index (χ3v) is 7.02. The monoisotopic (exact) mass is 473 g/mol. The van der Waals surface area contributed by atoms with Crippen LogP contribution >= 0.6 is 0 Å². The Morgan fingerprint density at radius 3 is 2.50 bits per heavy atom. The van der Waals surface area contributed by atoms with Gasteiger partial charge in [-0.3, -0.25) is 14.4 Å². The van der Waals surface area contributed by atoms with Gasteiger partial charge in [0.15, 0.2) is 11.4 Å². The average molecular weight is 473 g/mol. The maximum absolute atomic E-state index is 13.5. The van der Waals surface area contributed by atoms with Crippen molar-refractivity contribution in [3.05, 3.63) is 45.9 Å². The number of anilines is 1. The van der Waals surface area contributed by atoms with Gasteiger partial charge in [-0.1, -0.05) is 0 Å². The highest BCUT2D eigenvalue weighted by Crippen LogP contribution is 2.52. The predicted molar refractivity (Wildman–Crippen MR) is 119 cm³/mol. The van der Waals surface area contributed by atoms with Crippen LogP contribution in [0.3, 0.4) is 0 Å². The van der Waals surface area contributed by atoms with E-state index in [1.165, 1.54) is 6.07 Å². The molecular weight excluding hydrogens is 446 g/mol. The number of aromatic hydroxyl groups is 1. The van der Waals surface area contributed by atoms with Crippen molar-refractivity contribution >= 4 is 23.2 Å². The number of aliphatic hydroxyl groups is 4. The Balaban J connectivity index is 1.94. The number of Topliss-reactive ketones (excluding diaryl/α,β-unsaturated/α-hetero) is 2. The third-order valence-electron chi connectivity index (χ3n) is 7.02. The topological polar surface area (TPSA) is 194 Å². The second kappa shape index (κ2) is 8.12. The summed E-state index contributed by atoms with van der Waals surface area (Å²) in [7, 11) is 3.56. The molecule has 0 saturated heterocycles. The van der Waals surface area contributed by atoms with Crippen LogP contribution in [0, 0.1) is 11.8 Å². The Kier molecular flexibility index (Phi) is 5.67. The molecule has 4 atom stereocenters. The average Bonchev–Trinajstić information content (AvgIpc) is 2.75. The van der Waals surface area contributed by atoms with E-state index < -0.39 is 58.0 Å². The largest absolute Gasteiger partial charge is 0.510 e. The number of amides is 1. The Morgan fingerprint density at radius 1 is 1.24 bits per heavy atom. The highest BCUT2D eigenvalue weighted by atomic mass is 16.3. The molecule has 1 aromatic rings. The zero-order valence-corrected chi connectivity index (χ0v) is 18.7. The molecule has 0 aromatic heterocycles. The first-order valence-corrected chi connectivity index (χ1v) is 10.8. The van der Waals surface area contributed by atoms with Gasteiger partial charge in [0.05, 0.1) is 18.2 Å². The quantitative estimate of drug-likeness (QED) is 0.266. The molecule has 1 unspecified atom stereocenters. The van der Waals surface area contributed by atoms with Gasteiger partial charge in [0, 0.05) is 37.8 Å². The normalized spacial score (nSPS) is 28.4. The van der Waals surface area contributed by atoms with Crippen LogP contribution in [0.4, 0.5) is 5.69 Å². The van der Waals surface area contributed by atoms with Crippen LogP contribution in [0.15, 0.2) is 34.8 Å². The van der Waals surface area contributed by atoms with E-state index in [4.69, 9.17) is 5.73 Å². The SMILES string of the molecule is CN(C)c1ccc(O)c2c1CC1C[C@H]3[C@H](NCCO)C(O)=C(C(N)=O)C(=O)[C@@]3(O)C(O)=C1C2=O. The lowest BCUT2D eigenvalue weighted by molar-refractivity contribution is -0.146. The first-order valence-electron chi connectivity index (χ1n) is 10.8. The minimum atomic E-state index is -2.71. The van der Waals surface area contributed by atoms with Gasteiger partial charge < -0.3 is 41.5 Å². The van der Waals surface area contributed by atoms with Crippen LogP contribution in [0.5, 0.6) is 5.75 Å². The van der Waals surface area contributed by atoms with E-state index in [9.17, 15) is 39.9 Å². The fraction of sp³-hybridized carbons (Fsp3) is 0.435. The molecule has 0 saturated carbocycles. The van der Waals surface area contributed by atoms with Crippen LogP contribution in [-0.2, 0) is 16.0 Å². The summed E-state index contributed by atoms with van der Waals surface area (Å²) in [6.45, 7) is -0.396. The van der Waals surface area contributed by atoms with E-state index in [0.717, 1.165) is 0 Å². The first kappa shape index (κ1) is 23.7. The summed E-state index contributed by atoms with van der Waals surface area (Å²) in [5.41, 5.74) is 2.68. The molecule has 182 valence electrons. The van der Waals surface area contributed by atoms with E-state index in [2.05, 4.69) is 5.32 Å². The van der Waals surface area contributed by atoms with E-state index in [1.807, 2.05) is 0 Å². The molecule has 0 aliphatic heterocycles. The Hall–Kier alpha value is -3.41. The molecule has 11 nitrogen and oxygen atoms in total. The van der Waals surface area contributed by atoms with Gasteiger partial charge in [-0.25, -0.2) is 0 Å². The molecule has 11 heteroatoms. The molecule has 0 bridgehead atoms. The summed E-state index contributed by atoms with van der Waals surface area (Å²) in [5.74, 6) is -7.08. The van der Waals surface area contributed by atoms with Gasteiger partial charge in [0.1, 0.15) is 22.8 Å². The summed E-state index contributed by atoms with van der Waals surface area (Å²) in [5, 5.41) is 55.9. The van der Waals surface area contributed by atoms with E-state index in [-0.39, 0.29) is 42.9 Å². The smallest absolute Gasteiger partial charge is 0.255 e. The van der Waals surface area contributed by atoms with Gasteiger partial charge in [-0.15, -0.1) is 0 Å². The Labute approximate surface area is 194 Å². The number of aliphatic hydroxyl groups excluding tert-OH is 3. The van der Waals surface area contributed by atoms with Crippen LogP contribution in [0.25, 0.3) is 0 Å². The number of fused-ring (bicyclic) bond motifs is 3. The molecule has 4 rings (SSSR count). The van der Waals surface area contributed by atoms with Gasteiger partial charge in [-0.2, -0.15) is 0 Å². The molecule has 1 aromatic carbocycles. The molecule has 0 spiro atoms. The van der Waals surface area contributed by atoms with Crippen LogP contribution in [0.2, 0.25) is 0 Å². The lowest BCUT2D eigenvalue weighted by Gasteiger charge is -2.49. The first-order chi connectivity index (χ1) is 16.0. The number of carbonyl (C=O) groups is 3. The minimum Gasteiger partial charge on any atom is -0.510 e. The van der Waals surface area contributed by atoms with Crippen molar-refractivity contribution in [3.63, 3.8) is 0 Å². The predicted octanol–water partition coefficient (Wildman–Crippen LogP) is -0.793. The molecule has 34 heavy (non-hydrogen) atoms. The molecular formula is C23H27N3O8. The van der Waals surface area contributed by atoms with Gasteiger partial charge >= 0.3 is 0 Å². The maximum Gasteiger partial charge on any atom is 0.255 e. The zero-order chi connectivity index (χ0) is 25.1. The summed E-state index contributed by atoms with van der Waals surface area (Å²) in [6.07, 6.45) is 0.192. The number of phenols is 1. The van der Waals surface area contributed by atoms with Gasteiger partial charge in [0.2, 0.25) is 5.78 Å². The van der Waals surface area contributed by atoms with Crippen molar-refractivity contribution < 1.29 is 39.9 Å². The van der Waals surface area contributed by atoms with Crippen molar-refractivity contribution in [1.82, 2.24) is 5.32 Å². The number of benzene rings is 1. The molecule has 3 aliphatic rings. The second-order valence-electron chi connectivity index (χ2n) is 9.06. The maximum atomic E-state index is 13.5. The number of nitrogens with two attached hydrogens (primary N) is 1. The molecule has 8 N–H and O–H groups in total. The van der Waals surface area contributed by atoms with Crippen LogP contribution in [-0.4, -0.2) is 81.9 Å². The number of primary amides is 1. The van der Waals surface area contributed by atoms with Crippen molar-refractivity contribution in [1.29, 1.82) is 0 Å². The zero-order valence-electron chi connectivity index (χ0n) is 18.7. The number of hydrogen-bond donors (Lipinski definition) is 7. The highest BCUT2D eigenvalue weighted by molar-refractivity contribution is 6.24. The van der Waals surface area contributed by atoms with Crippen molar-refractivity contribution in [2.75, 3.05) is 32.1 Å². The number of nitrogens with one attached hydrogen (secondary N) is 1. The molecule has 3 aliphatic carbocycles. The third kappa shape index (κ3) is 3.11. The Morgan fingerprint density at radius 2 is 1.91 bits per heavy atom. The molecule has 0 heterocycles. The van der Waals surface area contributed by atoms with Gasteiger partial charge in [0.25, 0.3) is 5.91 Å². The number of phenolic OH excluding ortho intramolecular Hbond substituents is 1. The number of carbonyl (C=O) groups excluding carboxylic acids is 3. The molecule has 1 amide bonds. The van der Waals surface area contributed by atoms with E-state index in [0.29, 0.717) is 11.3 Å².